The highest BCUT2D eigenvalue weighted by Crippen LogP contribution is 2.23. The zero-order chi connectivity index (χ0) is 23.2. The fourth-order valence-electron chi connectivity index (χ4n) is 3.78. The van der Waals surface area contributed by atoms with Crippen LogP contribution in [0.3, 0.4) is 0 Å². The smallest absolute Gasteiger partial charge is 0.330 e. The summed E-state index contributed by atoms with van der Waals surface area (Å²) in [5.41, 5.74) is 8.81. The van der Waals surface area contributed by atoms with E-state index < -0.39 is 11.2 Å². The number of aromatic nitrogens is 2. The molecule has 0 aliphatic rings. The Morgan fingerprint density at radius 2 is 1.45 bits per heavy atom. The number of nitrogens with two attached hydrogens (primary N) is 1. The van der Waals surface area contributed by atoms with Gasteiger partial charge in [0, 0.05) is 13.1 Å². The molecule has 4 aromatic rings. The van der Waals surface area contributed by atoms with Gasteiger partial charge in [-0.15, -0.1) is 0 Å². The molecule has 0 unspecified atom stereocenters. The van der Waals surface area contributed by atoms with Crippen molar-refractivity contribution in [1.29, 1.82) is 5.26 Å². The quantitative estimate of drug-likeness (QED) is 0.461. The van der Waals surface area contributed by atoms with Crippen LogP contribution in [0.2, 0.25) is 0 Å². The van der Waals surface area contributed by atoms with Crippen LogP contribution in [0.4, 0.5) is 11.5 Å². The number of anilines is 2. The van der Waals surface area contributed by atoms with E-state index in [0.717, 1.165) is 16.7 Å². The summed E-state index contributed by atoms with van der Waals surface area (Å²) in [7, 11) is 0. The first kappa shape index (κ1) is 21.7. The predicted molar refractivity (Wildman–Crippen MR) is 129 cm³/mol. The van der Waals surface area contributed by atoms with Crippen molar-refractivity contribution < 1.29 is 0 Å². The van der Waals surface area contributed by atoms with Gasteiger partial charge in [0.2, 0.25) is 0 Å². The molecule has 3 N–H and O–H groups in total. The molecule has 0 bridgehead atoms. The second-order valence-electron chi connectivity index (χ2n) is 7.72. The molecule has 0 saturated carbocycles. The van der Waals surface area contributed by atoms with E-state index in [9.17, 15) is 14.9 Å². The van der Waals surface area contributed by atoms with Crippen LogP contribution in [0.25, 0.3) is 0 Å². The van der Waals surface area contributed by atoms with E-state index in [0.29, 0.717) is 18.7 Å². The maximum Gasteiger partial charge on any atom is 0.330 e. The fraction of sp³-hybridized carbons (Fsp3) is 0.115. The Hall–Kier alpha value is -4.57. The number of benzene rings is 3. The van der Waals surface area contributed by atoms with E-state index in [4.69, 9.17) is 5.73 Å². The minimum Gasteiger partial charge on any atom is -0.383 e. The molecule has 0 atom stereocenters. The lowest BCUT2D eigenvalue weighted by atomic mass is 10.1. The minimum atomic E-state index is -0.559. The molecule has 4 rings (SSSR count). The Morgan fingerprint density at radius 3 is 2.12 bits per heavy atom. The lowest BCUT2D eigenvalue weighted by molar-refractivity contribution is 0.712. The molecule has 0 aliphatic heterocycles. The van der Waals surface area contributed by atoms with Crippen molar-refractivity contribution in [3.8, 4) is 6.07 Å². The molecule has 7 heteroatoms. The van der Waals surface area contributed by atoms with Crippen molar-refractivity contribution >= 4 is 11.5 Å². The predicted octanol–water partition coefficient (Wildman–Crippen LogP) is 3.25. The minimum absolute atomic E-state index is 0.0972. The van der Waals surface area contributed by atoms with Gasteiger partial charge < -0.3 is 10.6 Å². The molecule has 0 saturated heterocycles. The molecule has 0 radical (unpaired) electrons. The lowest BCUT2D eigenvalue weighted by Gasteiger charge is -2.26. The van der Waals surface area contributed by atoms with Gasteiger partial charge in [0.25, 0.3) is 5.56 Å². The molecule has 0 aliphatic carbocycles. The van der Waals surface area contributed by atoms with Crippen molar-refractivity contribution in [2.45, 2.75) is 19.6 Å². The van der Waals surface area contributed by atoms with Gasteiger partial charge >= 0.3 is 5.69 Å². The first-order valence-electron chi connectivity index (χ1n) is 10.5. The standard InChI is InChI=1S/C26H23N5O2/c27-15-21-12-7-13-22(14-21)17-30(16-19-8-3-1-4-9-19)23-24(28)31(26(33)29-25(23)32)18-20-10-5-2-6-11-20/h1-14H,16-18,28H2,(H,29,32,33). The van der Waals surface area contributed by atoms with Crippen LogP contribution in [-0.4, -0.2) is 9.55 Å². The van der Waals surface area contributed by atoms with E-state index in [1.54, 1.807) is 18.2 Å². The molecular formula is C26H23N5O2. The summed E-state index contributed by atoms with van der Waals surface area (Å²) in [6, 6.07) is 28.5. The third-order valence-electron chi connectivity index (χ3n) is 5.36. The molecule has 7 nitrogen and oxygen atoms in total. The maximum absolute atomic E-state index is 13.0. The summed E-state index contributed by atoms with van der Waals surface area (Å²) < 4.78 is 1.37. The largest absolute Gasteiger partial charge is 0.383 e. The zero-order valence-corrected chi connectivity index (χ0v) is 17.9. The number of nitriles is 1. The molecule has 33 heavy (non-hydrogen) atoms. The monoisotopic (exact) mass is 437 g/mol. The summed E-state index contributed by atoms with van der Waals surface area (Å²) in [5, 5.41) is 9.27. The Morgan fingerprint density at radius 1 is 0.848 bits per heavy atom. The van der Waals surface area contributed by atoms with Crippen LogP contribution in [0, 0.1) is 11.3 Å². The van der Waals surface area contributed by atoms with E-state index in [2.05, 4.69) is 11.1 Å². The van der Waals surface area contributed by atoms with Crippen LogP contribution < -0.4 is 21.9 Å². The third-order valence-corrected chi connectivity index (χ3v) is 5.36. The Labute approximate surface area is 191 Å². The van der Waals surface area contributed by atoms with Crippen molar-refractivity contribution in [1.82, 2.24) is 9.55 Å². The molecule has 0 fully saturated rings. The second-order valence-corrected chi connectivity index (χ2v) is 7.72. The van der Waals surface area contributed by atoms with Gasteiger partial charge in [-0.1, -0.05) is 72.8 Å². The van der Waals surface area contributed by atoms with E-state index >= 15 is 0 Å². The van der Waals surface area contributed by atoms with Crippen LogP contribution in [-0.2, 0) is 19.6 Å². The van der Waals surface area contributed by atoms with Gasteiger partial charge in [0.05, 0.1) is 18.2 Å². The number of hydrogen-bond donors (Lipinski definition) is 2. The first-order chi connectivity index (χ1) is 16.0. The highest BCUT2D eigenvalue weighted by atomic mass is 16.2. The molecule has 1 heterocycles. The average molecular weight is 438 g/mol. The SMILES string of the molecule is N#Cc1cccc(CN(Cc2ccccc2)c2c(N)n(Cc3ccccc3)c(=O)[nH]c2=O)c1. The van der Waals surface area contributed by atoms with Gasteiger partial charge in [-0.25, -0.2) is 4.79 Å². The third kappa shape index (κ3) is 5.02. The molecule has 1 aromatic heterocycles. The number of H-pyrrole nitrogens is 1. The van der Waals surface area contributed by atoms with Crippen molar-refractivity contribution in [3.05, 3.63) is 128 Å². The van der Waals surface area contributed by atoms with Crippen molar-refractivity contribution in [2.24, 2.45) is 0 Å². The van der Waals surface area contributed by atoms with Gasteiger partial charge in [-0.05, 0) is 28.8 Å². The van der Waals surface area contributed by atoms with E-state index in [1.807, 2.05) is 71.6 Å². The van der Waals surface area contributed by atoms with Gasteiger partial charge in [0.1, 0.15) is 11.5 Å². The van der Waals surface area contributed by atoms with Crippen LogP contribution >= 0.6 is 0 Å². The first-order valence-corrected chi connectivity index (χ1v) is 10.5. The Bertz CT molecular complexity index is 1400. The summed E-state index contributed by atoms with van der Waals surface area (Å²) in [5.74, 6) is 0.0972. The number of nitrogens with zero attached hydrogens (tertiary/aromatic N) is 3. The normalized spacial score (nSPS) is 10.5. The molecular weight excluding hydrogens is 414 g/mol. The topological polar surface area (TPSA) is 108 Å². The fourth-order valence-corrected chi connectivity index (χ4v) is 3.78. The van der Waals surface area contributed by atoms with Gasteiger partial charge in [-0.2, -0.15) is 5.26 Å². The summed E-state index contributed by atoms with van der Waals surface area (Å²) in [6.45, 7) is 0.966. The maximum atomic E-state index is 13.0. The molecule has 0 amide bonds. The van der Waals surface area contributed by atoms with Crippen LogP contribution in [0.15, 0.2) is 94.5 Å². The molecule has 3 aromatic carbocycles. The van der Waals surface area contributed by atoms with Crippen molar-refractivity contribution in [3.63, 3.8) is 0 Å². The number of hydrogen-bond acceptors (Lipinski definition) is 5. The number of nitrogens with one attached hydrogen (secondary N) is 1. The van der Waals surface area contributed by atoms with E-state index in [-0.39, 0.29) is 18.1 Å². The Balaban J connectivity index is 1.80. The highest BCUT2D eigenvalue weighted by Gasteiger charge is 2.20. The van der Waals surface area contributed by atoms with Gasteiger partial charge in [0.15, 0.2) is 0 Å². The lowest BCUT2D eigenvalue weighted by Crippen LogP contribution is -2.38. The Kier molecular flexibility index (Phi) is 6.37. The number of rotatable bonds is 7. The average Bonchev–Trinajstić information content (AvgIpc) is 2.83. The highest BCUT2D eigenvalue weighted by molar-refractivity contribution is 5.63. The number of aromatic amines is 1. The molecule has 0 spiro atoms. The second kappa shape index (κ2) is 9.71. The zero-order valence-electron chi connectivity index (χ0n) is 17.9. The molecule has 164 valence electrons. The van der Waals surface area contributed by atoms with Gasteiger partial charge in [-0.3, -0.25) is 14.3 Å². The van der Waals surface area contributed by atoms with Crippen LogP contribution in [0.1, 0.15) is 22.3 Å². The summed E-state index contributed by atoms with van der Waals surface area (Å²) >= 11 is 0. The van der Waals surface area contributed by atoms with Crippen molar-refractivity contribution in [2.75, 3.05) is 10.6 Å². The summed E-state index contributed by atoms with van der Waals surface area (Å²) in [4.78, 5) is 29.8. The van der Waals surface area contributed by atoms with E-state index in [1.165, 1.54) is 4.57 Å². The summed E-state index contributed by atoms with van der Waals surface area (Å²) in [6.07, 6.45) is 0. The number of nitrogen functional groups attached to an aromatic ring is 1. The van der Waals surface area contributed by atoms with Crippen LogP contribution in [0.5, 0.6) is 0 Å².